The van der Waals surface area contributed by atoms with Gasteiger partial charge in [0.25, 0.3) is 0 Å². The summed E-state index contributed by atoms with van der Waals surface area (Å²) in [6, 6.07) is 0. The molecule has 2 unspecified atom stereocenters. The van der Waals surface area contributed by atoms with Crippen LogP contribution >= 0.6 is 0 Å². The summed E-state index contributed by atoms with van der Waals surface area (Å²) in [7, 11) is 0. The highest BCUT2D eigenvalue weighted by Gasteiger charge is 2.21. The van der Waals surface area contributed by atoms with E-state index < -0.39 is 0 Å². The van der Waals surface area contributed by atoms with Gasteiger partial charge in [0.15, 0.2) is 0 Å². The van der Waals surface area contributed by atoms with Gasteiger partial charge in [-0.05, 0) is 12.8 Å². The quantitative estimate of drug-likeness (QED) is 0.599. The van der Waals surface area contributed by atoms with E-state index in [4.69, 9.17) is 14.2 Å². The summed E-state index contributed by atoms with van der Waals surface area (Å²) < 4.78 is 15.8. The zero-order valence-corrected chi connectivity index (χ0v) is 6.62. The summed E-state index contributed by atoms with van der Waals surface area (Å²) in [6.07, 6.45) is 3.06. The van der Waals surface area contributed by atoms with Crippen LogP contribution in [0.25, 0.3) is 0 Å². The molecule has 0 aromatic heterocycles. The standard InChI is InChI=1S/C8H14O3/c1-3-10-7(1)5-9-6-8-2-4-11-8/h7-8H,1-6H2. The molecule has 11 heavy (non-hydrogen) atoms. The molecule has 2 aliphatic heterocycles. The average Bonchev–Trinajstić information content (AvgIpc) is 1.79. The topological polar surface area (TPSA) is 27.7 Å². The Balaban J connectivity index is 1.46. The Morgan fingerprint density at radius 1 is 1.00 bits per heavy atom. The number of hydrogen-bond acceptors (Lipinski definition) is 3. The molecule has 2 rings (SSSR count). The molecule has 2 saturated heterocycles. The van der Waals surface area contributed by atoms with Gasteiger partial charge in [-0.3, -0.25) is 0 Å². The van der Waals surface area contributed by atoms with Crippen molar-refractivity contribution >= 4 is 0 Å². The Hall–Kier alpha value is -0.120. The molecular formula is C8H14O3. The normalized spacial score (nSPS) is 36.0. The molecule has 2 aliphatic rings. The monoisotopic (exact) mass is 158 g/mol. The largest absolute Gasteiger partial charge is 0.376 e. The van der Waals surface area contributed by atoms with Gasteiger partial charge in [-0.25, -0.2) is 0 Å². The second-order valence-corrected chi connectivity index (χ2v) is 3.10. The predicted molar refractivity (Wildman–Crippen MR) is 39.5 cm³/mol. The van der Waals surface area contributed by atoms with Gasteiger partial charge in [-0.1, -0.05) is 0 Å². The van der Waals surface area contributed by atoms with Crippen molar-refractivity contribution in [2.75, 3.05) is 26.4 Å². The Kier molecular flexibility index (Phi) is 2.41. The predicted octanol–water partition coefficient (Wildman–Crippen LogP) is 0.581. The highest BCUT2D eigenvalue weighted by Crippen LogP contribution is 2.14. The van der Waals surface area contributed by atoms with Crippen LogP contribution < -0.4 is 0 Å². The highest BCUT2D eigenvalue weighted by atomic mass is 16.6. The second kappa shape index (κ2) is 3.52. The maximum absolute atomic E-state index is 5.39. The van der Waals surface area contributed by atoms with E-state index in [-0.39, 0.29) is 0 Å². The van der Waals surface area contributed by atoms with Crippen molar-refractivity contribution < 1.29 is 14.2 Å². The lowest BCUT2D eigenvalue weighted by molar-refractivity contribution is -0.131. The molecule has 0 amide bonds. The minimum absolute atomic E-state index is 0.370. The first-order valence-corrected chi connectivity index (χ1v) is 4.26. The number of rotatable bonds is 4. The van der Waals surface area contributed by atoms with E-state index in [1.54, 1.807) is 0 Å². The van der Waals surface area contributed by atoms with E-state index >= 15 is 0 Å². The molecule has 0 N–H and O–H groups in total. The Morgan fingerprint density at radius 3 is 1.73 bits per heavy atom. The maximum atomic E-state index is 5.39. The maximum Gasteiger partial charge on any atom is 0.0830 e. The minimum atomic E-state index is 0.370. The van der Waals surface area contributed by atoms with Gasteiger partial charge in [0.1, 0.15) is 0 Å². The van der Waals surface area contributed by atoms with Gasteiger partial charge in [-0.15, -0.1) is 0 Å². The zero-order valence-electron chi connectivity index (χ0n) is 6.62. The van der Waals surface area contributed by atoms with Crippen molar-refractivity contribution in [2.24, 2.45) is 0 Å². The van der Waals surface area contributed by atoms with Crippen LogP contribution in [-0.4, -0.2) is 38.6 Å². The third-order valence-corrected chi connectivity index (χ3v) is 2.19. The highest BCUT2D eigenvalue weighted by molar-refractivity contribution is 4.68. The third kappa shape index (κ3) is 1.92. The van der Waals surface area contributed by atoms with Crippen molar-refractivity contribution in [3.8, 4) is 0 Å². The molecule has 3 nitrogen and oxygen atoms in total. The van der Waals surface area contributed by atoms with Crippen molar-refractivity contribution in [3.63, 3.8) is 0 Å². The SMILES string of the molecule is C1CC(COCC2CCO2)O1. The van der Waals surface area contributed by atoms with Crippen LogP contribution in [0.15, 0.2) is 0 Å². The van der Waals surface area contributed by atoms with E-state index in [0.717, 1.165) is 39.3 Å². The Bertz CT molecular complexity index is 105. The molecular weight excluding hydrogens is 144 g/mol. The van der Waals surface area contributed by atoms with Crippen LogP contribution in [0.4, 0.5) is 0 Å². The Morgan fingerprint density at radius 2 is 1.45 bits per heavy atom. The van der Waals surface area contributed by atoms with E-state index in [9.17, 15) is 0 Å². The van der Waals surface area contributed by atoms with Crippen molar-refractivity contribution in [1.29, 1.82) is 0 Å². The summed E-state index contributed by atoms with van der Waals surface area (Å²) in [5, 5.41) is 0. The fourth-order valence-electron chi connectivity index (χ4n) is 1.16. The average molecular weight is 158 g/mol. The molecule has 0 radical (unpaired) electrons. The van der Waals surface area contributed by atoms with Crippen LogP contribution in [0.2, 0.25) is 0 Å². The number of hydrogen-bond donors (Lipinski definition) is 0. The van der Waals surface area contributed by atoms with Gasteiger partial charge in [0.2, 0.25) is 0 Å². The van der Waals surface area contributed by atoms with Crippen LogP contribution in [0.1, 0.15) is 12.8 Å². The van der Waals surface area contributed by atoms with Gasteiger partial charge < -0.3 is 14.2 Å². The first-order chi connectivity index (χ1) is 5.45. The van der Waals surface area contributed by atoms with Gasteiger partial charge >= 0.3 is 0 Å². The summed E-state index contributed by atoms with van der Waals surface area (Å²) >= 11 is 0. The van der Waals surface area contributed by atoms with E-state index in [2.05, 4.69) is 0 Å². The summed E-state index contributed by atoms with van der Waals surface area (Å²) in [5.41, 5.74) is 0. The molecule has 0 spiro atoms. The first kappa shape index (κ1) is 7.53. The molecule has 0 aliphatic carbocycles. The van der Waals surface area contributed by atoms with Crippen LogP contribution in [0.3, 0.4) is 0 Å². The molecule has 0 aromatic rings. The fraction of sp³-hybridized carbons (Fsp3) is 1.00. The lowest BCUT2D eigenvalue weighted by Gasteiger charge is -2.29. The minimum Gasteiger partial charge on any atom is -0.376 e. The third-order valence-electron chi connectivity index (χ3n) is 2.19. The lowest BCUT2D eigenvalue weighted by atomic mass is 10.2. The van der Waals surface area contributed by atoms with E-state index in [1.165, 1.54) is 0 Å². The van der Waals surface area contributed by atoms with E-state index in [1.807, 2.05) is 0 Å². The van der Waals surface area contributed by atoms with Crippen molar-refractivity contribution in [3.05, 3.63) is 0 Å². The van der Waals surface area contributed by atoms with Gasteiger partial charge in [0.05, 0.1) is 25.4 Å². The summed E-state index contributed by atoms with van der Waals surface area (Å²) in [6.45, 7) is 3.32. The molecule has 0 bridgehead atoms. The first-order valence-electron chi connectivity index (χ1n) is 4.26. The molecule has 2 atom stereocenters. The molecule has 2 fully saturated rings. The fourth-order valence-corrected chi connectivity index (χ4v) is 1.16. The number of ether oxygens (including phenoxy) is 3. The van der Waals surface area contributed by atoms with Crippen LogP contribution in [0, 0.1) is 0 Å². The van der Waals surface area contributed by atoms with Crippen LogP contribution in [-0.2, 0) is 14.2 Å². The molecule has 64 valence electrons. The van der Waals surface area contributed by atoms with Gasteiger partial charge in [0, 0.05) is 13.2 Å². The second-order valence-electron chi connectivity index (χ2n) is 3.10. The van der Waals surface area contributed by atoms with E-state index in [0.29, 0.717) is 12.2 Å². The zero-order chi connectivity index (χ0) is 7.52. The lowest BCUT2D eigenvalue weighted by Crippen LogP contribution is -2.36. The summed E-state index contributed by atoms with van der Waals surface area (Å²) in [5.74, 6) is 0. The van der Waals surface area contributed by atoms with Crippen molar-refractivity contribution in [1.82, 2.24) is 0 Å². The Labute approximate surface area is 66.6 Å². The molecule has 3 heteroatoms. The summed E-state index contributed by atoms with van der Waals surface area (Å²) in [4.78, 5) is 0. The molecule has 2 heterocycles. The van der Waals surface area contributed by atoms with Gasteiger partial charge in [-0.2, -0.15) is 0 Å². The smallest absolute Gasteiger partial charge is 0.0830 e. The van der Waals surface area contributed by atoms with Crippen molar-refractivity contribution in [2.45, 2.75) is 25.0 Å². The van der Waals surface area contributed by atoms with Crippen LogP contribution in [0.5, 0.6) is 0 Å². The molecule has 0 saturated carbocycles. The molecule has 0 aromatic carbocycles.